The Hall–Kier alpha value is -2.97. The summed E-state index contributed by atoms with van der Waals surface area (Å²) in [5.74, 6) is 0.753. The summed E-state index contributed by atoms with van der Waals surface area (Å²) >= 11 is 5.87. The first-order chi connectivity index (χ1) is 18.0. The number of benzene rings is 1. The number of nitrogens with one attached hydrogen (secondary N) is 1. The van der Waals surface area contributed by atoms with Gasteiger partial charge in [0.15, 0.2) is 9.84 Å². The monoisotopic (exact) mass is 584 g/mol. The Morgan fingerprint density at radius 3 is 2.32 bits per heavy atom. The summed E-state index contributed by atoms with van der Waals surface area (Å²) in [6.07, 6.45) is 3.56. The molecule has 1 aromatic carbocycles. The first-order valence-electron chi connectivity index (χ1n) is 11.8. The first kappa shape index (κ1) is 28.0. The fourth-order valence-corrected chi connectivity index (χ4v) is 7.54. The fraction of sp³-hybridized carbons (Fsp3) is 0.478. The smallest absolute Gasteiger partial charge is 0.243 e. The van der Waals surface area contributed by atoms with E-state index in [9.17, 15) is 16.8 Å². The molecule has 0 saturated carbocycles. The quantitative estimate of drug-likeness (QED) is 0.376. The molecule has 1 aliphatic rings. The molecule has 2 unspecified atom stereocenters. The Morgan fingerprint density at radius 1 is 1.13 bits per heavy atom. The van der Waals surface area contributed by atoms with Crippen LogP contribution >= 0.6 is 11.6 Å². The van der Waals surface area contributed by atoms with Gasteiger partial charge in [0.1, 0.15) is 28.8 Å². The summed E-state index contributed by atoms with van der Waals surface area (Å²) in [5.41, 5.74) is 0.387. The van der Waals surface area contributed by atoms with Crippen LogP contribution in [0.4, 0.5) is 5.95 Å². The second-order valence-electron chi connectivity index (χ2n) is 9.16. The zero-order chi connectivity index (χ0) is 27.7. The number of sulfone groups is 1. The van der Waals surface area contributed by atoms with Crippen LogP contribution in [0.1, 0.15) is 37.8 Å². The highest BCUT2D eigenvalue weighted by molar-refractivity contribution is 7.93. The topological polar surface area (TPSA) is 155 Å². The number of para-hydroxylation sites is 1. The van der Waals surface area contributed by atoms with Crippen LogP contribution in [0.5, 0.6) is 11.5 Å². The molecular formula is C23H29ClN6O6S2. The highest BCUT2D eigenvalue weighted by Crippen LogP contribution is 2.37. The second-order valence-corrected chi connectivity index (χ2v) is 13.9. The van der Waals surface area contributed by atoms with Crippen molar-refractivity contribution in [1.29, 1.82) is 0 Å². The number of nitrogens with zero attached hydrogens (tertiary/aromatic N) is 5. The van der Waals surface area contributed by atoms with E-state index in [1.54, 1.807) is 32.0 Å². The van der Waals surface area contributed by atoms with Crippen LogP contribution in [0.25, 0.3) is 5.69 Å². The third kappa shape index (κ3) is 5.86. The van der Waals surface area contributed by atoms with Crippen LogP contribution in [-0.2, 0) is 26.3 Å². The number of sulfonamides is 1. The molecular weight excluding hydrogens is 556 g/mol. The Labute approximate surface area is 226 Å². The molecule has 0 bridgehead atoms. The Kier molecular flexibility index (Phi) is 8.14. The lowest BCUT2D eigenvalue weighted by Crippen LogP contribution is -2.31. The molecule has 3 aromatic rings. The summed E-state index contributed by atoms with van der Waals surface area (Å²) in [6.45, 7) is 3.24. The van der Waals surface area contributed by atoms with Gasteiger partial charge in [-0.15, -0.1) is 10.2 Å². The molecule has 1 fully saturated rings. The predicted octanol–water partition coefficient (Wildman–Crippen LogP) is 2.64. The average Bonchev–Trinajstić information content (AvgIpc) is 3.43. The minimum Gasteiger partial charge on any atom is -0.494 e. The Balaban J connectivity index is 1.75. The number of aromatic nitrogens is 5. The van der Waals surface area contributed by atoms with Gasteiger partial charge in [-0.1, -0.05) is 24.6 Å². The zero-order valence-electron chi connectivity index (χ0n) is 21.3. The van der Waals surface area contributed by atoms with Crippen molar-refractivity contribution >= 4 is 37.4 Å². The maximum atomic E-state index is 13.5. The standard InChI is InChI=1S/C23H29ClN6O6S2/c1-14(22-25-11-17(24)12-26-22)15(2)38(33,34)29-23-28-27-20(10-16-8-9-37(31,32)13-16)30(23)21-18(35-3)6-5-7-19(21)36-4/h5-7,11-12,14-16H,8-10,13H2,1-4H3,(H,28,29)/t14?,15?,16-/m0/s1. The van der Waals surface area contributed by atoms with Gasteiger partial charge in [-0.25, -0.2) is 26.8 Å². The van der Waals surface area contributed by atoms with Gasteiger partial charge in [-0.05, 0) is 31.4 Å². The van der Waals surface area contributed by atoms with E-state index in [0.717, 1.165) is 0 Å². The van der Waals surface area contributed by atoms with E-state index in [-0.39, 0.29) is 29.8 Å². The van der Waals surface area contributed by atoms with Gasteiger partial charge in [0.05, 0.1) is 36.0 Å². The van der Waals surface area contributed by atoms with E-state index in [1.165, 1.54) is 31.2 Å². The summed E-state index contributed by atoms with van der Waals surface area (Å²) in [5, 5.41) is 7.78. The van der Waals surface area contributed by atoms with Gasteiger partial charge >= 0.3 is 0 Å². The van der Waals surface area contributed by atoms with Crippen molar-refractivity contribution < 1.29 is 26.3 Å². The van der Waals surface area contributed by atoms with Gasteiger partial charge < -0.3 is 9.47 Å². The molecule has 3 heterocycles. The Bertz CT molecular complexity index is 1490. The molecule has 4 rings (SSSR count). The Morgan fingerprint density at radius 2 is 1.76 bits per heavy atom. The number of hydrogen-bond acceptors (Lipinski definition) is 10. The molecule has 38 heavy (non-hydrogen) atoms. The normalized spacial score (nSPS) is 18.6. The maximum absolute atomic E-state index is 13.5. The van der Waals surface area contributed by atoms with Gasteiger partial charge in [-0.3, -0.25) is 9.29 Å². The van der Waals surface area contributed by atoms with Crippen molar-refractivity contribution in [2.45, 2.75) is 37.9 Å². The third-order valence-corrected chi connectivity index (χ3v) is 10.5. The minimum atomic E-state index is -4.04. The van der Waals surface area contributed by atoms with Crippen molar-refractivity contribution in [2.75, 3.05) is 30.4 Å². The van der Waals surface area contributed by atoms with Crippen LogP contribution in [0.15, 0.2) is 30.6 Å². The largest absolute Gasteiger partial charge is 0.494 e. The molecule has 0 amide bonds. The lowest BCUT2D eigenvalue weighted by molar-refractivity contribution is 0.390. The highest BCUT2D eigenvalue weighted by atomic mass is 35.5. The van der Waals surface area contributed by atoms with E-state index in [2.05, 4.69) is 24.9 Å². The van der Waals surface area contributed by atoms with Gasteiger partial charge in [0, 0.05) is 24.7 Å². The van der Waals surface area contributed by atoms with E-state index in [1.807, 2.05) is 0 Å². The molecule has 0 aliphatic carbocycles. The highest BCUT2D eigenvalue weighted by Gasteiger charge is 2.34. The molecule has 206 valence electrons. The second kappa shape index (κ2) is 11.0. The van der Waals surface area contributed by atoms with Crippen LogP contribution in [0, 0.1) is 5.92 Å². The van der Waals surface area contributed by atoms with Crippen molar-refractivity contribution in [3.63, 3.8) is 0 Å². The number of ether oxygens (including phenoxy) is 2. The third-order valence-electron chi connectivity index (χ3n) is 6.63. The summed E-state index contributed by atoms with van der Waals surface area (Å²) < 4.78 is 66.3. The molecule has 2 aromatic heterocycles. The summed E-state index contributed by atoms with van der Waals surface area (Å²) in [4.78, 5) is 8.31. The number of rotatable bonds is 10. The number of anilines is 1. The first-order valence-corrected chi connectivity index (χ1v) is 15.6. The summed E-state index contributed by atoms with van der Waals surface area (Å²) in [7, 11) is -4.21. The van der Waals surface area contributed by atoms with Crippen molar-refractivity contribution in [1.82, 2.24) is 24.7 Å². The molecule has 1 N–H and O–H groups in total. The van der Waals surface area contributed by atoms with E-state index >= 15 is 0 Å². The van der Waals surface area contributed by atoms with E-state index in [0.29, 0.717) is 40.3 Å². The fourth-order valence-electron chi connectivity index (χ4n) is 4.35. The molecule has 12 nitrogen and oxygen atoms in total. The molecule has 1 saturated heterocycles. The van der Waals surface area contributed by atoms with Crippen molar-refractivity contribution in [3.05, 3.63) is 47.3 Å². The van der Waals surface area contributed by atoms with Crippen molar-refractivity contribution in [2.24, 2.45) is 5.92 Å². The van der Waals surface area contributed by atoms with Gasteiger partial charge in [0.25, 0.3) is 0 Å². The number of halogens is 1. The van der Waals surface area contributed by atoms with Gasteiger partial charge in [-0.2, -0.15) is 0 Å². The molecule has 0 spiro atoms. The zero-order valence-corrected chi connectivity index (χ0v) is 23.7. The maximum Gasteiger partial charge on any atom is 0.243 e. The SMILES string of the molecule is COc1cccc(OC)c1-n1c(C[C@@H]2CCS(=O)(=O)C2)nnc1NS(=O)(=O)C(C)C(C)c1ncc(Cl)cn1. The lowest BCUT2D eigenvalue weighted by atomic mass is 10.0. The van der Waals surface area contributed by atoms with Crippen LogP contribution in [0.2, 0.25) is 5.02 Å². The van der Waals surface area contributed by atoms with Crippen LogP contribution in [0.3, 0.4) is 0 Å². The lowest BCUT2D eigenvalue weighted by Gasteiger charge is -2.21. The molecule has 15 heteroatoms. The number of hydrogen-bond donors (Lipinski definition) is 1. The summed E-state index contributed by atoms with van der Waals surface area (Å²) in [6, 6.07) is 5.12. The van der Waals surface area contributed by atoms with Gasteiger partial charge in [0.2, 0.25) is 16.0 Å². The van der Waals surface area contributed by atoms with E-state index < -0.39 is 31.0 Å². The van der Waals surface area contributed by atoms with Crippen LogP contribution in [-0.4, -0.2) is 72.5 Å². The molecule has 1 aliphatic heterocycles. The molecule has 3 atom stereocenters. The van der Waals surface area contributed by atoms with Crippen molar-refractivity contribution in [3.8, 4) is 17.2 Å². The van der Waals surface area contributed by atoms with E-state index in [4.69, 9.17) is 21.1 Å². The van der Waals surface area contributed by atoms with Crippen LogP contribution < -0.4 is 14.2 Å². The molecule has 0 radical (unpaired) electrons. The number of methoxy groups -OCH3 is 2. The minimum absolute atomic E-state index is 0.0274. The average molecular weight is 585 g/mol. The predicted molar refractivity (Wildman–Crippen MR) is 142 cm³/mol.